The number of likely N-dealkylation sites (N-methyl/N-ethyl adjacent to an activating group) is 1. The van der Waals surface area contributed by atoms with Crippen molar-refractivity contribution in [2.45, 2.75) is 32.2 Å². The van der Waals surface area contributed by atoms with Crippen molar-refractivity contribution in [3.8, 4) is 0 Å². The molecule has 0 radical (unpaired) electrons. The van der Waals surface area contributed by atoms with Gasteiger partial charge in [0.2, 0.25) is 0 Å². The Labute approximate surface area is 76.3 Å². The molecule has 12 heavy (non-hydrogen) atoms. The molecule has 2 heteroatoms. The van der Waals surface area contributed by atoms with E-state index in [1.54, 1.807) is 0 Å². The largest absolute Gasteiger partial charge is 0.315 e. The van der Waals surface area contributed by atoms with Gasteiger partial charge in [0, 0.05) is 12.6 Å². The lowest BCUT2D eigenvalue weighted by Crippen LogP contribution is -2.38. The summed E-state index contributed by atoms with van der Waals surface area (Å²) in [5.41, 5.74) is 0. The molecule has 1 aliphatic rings. The van der Waals surface area contributed by atoms with Crippen LogP contribution in [0.25, 0.3) is 0 Å². The van der Waals surface area contributed by atoms with Gasteiger partial charge in [0.15, 0.2) is 0 Å². The van der Waals surface area contributed by atoms with Gasteiger partial charge in [0.1, 0.15) is 0 Å². The molecule has 0 spiro atoms. The van der Waals surface area contributed by atoms with E-state index in [2.05, 4.69) is 31.2 Å². The molecule has 1 atom stereocenters. The van der Waals surface area contributed by atoms with E-state index in [-0.39, 0.29) is 0 Å². The van der Waals surface area contributed by atoms with E-state index >= 15 is 0 Å². The quantitative estimate of drug-likeness (QED) is 0.669. The Morgan fingerprint density at radius 2 is 2.08 bits per heavy atom. The van der Waals surface area contributed by atoms with Crippen LogP contribution in [-0.2, 0) is 0 Å². The summed E-state index contributed by atoms with van der Waals surface area (Å²) in [6, 6.07) is 0.657. The number of hydrogen-bond acceptors (Lipinski definition) is 2. The summed E-state index contributed by atoms with van der Waals surface area (Å²) >= 11 is 0. The van der Waals surface area contributed by atoms with E-state index in [4.69, 9.17) is 0 Å². The number of nitrogens with zero attached hydrogens (tertiary/aromatic N) is 1. The maximum Gasteiger partial charge on any atom is 0.0186 e. The lowest BCUT2D eigenvalue weighted by atomic mass is 9.85. The van der Waals surface area contributed by atoms with Crippen molar-refractivity contribution in [1.29, 1.82) is 0 Å². The van der Waals surface area contributed by atoms with Gasteiger partial charge in [0.25, 0.3) is 0 Å². The highest BCUT2D eigenvalue weighted by Gasteiger charge is 2.16. The minimum absolute atomic E-state index is 0.657. The van der Waals surface area contributed by atoms with Crippen molar-refractivity contribution < 1.29 is 0 Å². The first kappa shape index (κ1) is 10.0. The van der Waals surface area contributed by atoms with Crippen LogP contribution >= 0.6 is 0 Å². The first-order valence-corrected chi connectivity index (χ1v) is 5.07. The summed E-state index contributed by atoms with van der Waals surface area (Å²) in [6.45, 7) is 4.62. The Balaban J connectivity index is 1.93. The predicted molar refractivity (Wildman–Crippen MR) is 53.4 cm³/mol. The van der Waals surface area contributed by atoms with Gasteiger partial charge >= 0.3 is 0 Å². The fourth-order valence-electron chi connectivity index (χ4n) is 1.38. The SMILES string of the molecule is CC(CNCC1CCC1)N(C)C. The summed E-state index contributed by atoms with van der Waals surface area (Å²) in [4.78, 5) is 2.26. The zero-order chi connectivity index (χ0) is 8.97. The standard InChI is InChI=1S/C10H22N2/c1-9(12(2)3)7-11-8-10-5-4-6-10/h9-11H,4-8H2,1-3H3. The molecule has 0 aromatic heterocycles. The van der Waals surface area contributed by atoms with Crippen LogP contribution in [0.4, 0.5) is 0 Å². The van der Waals surface area contributed by atoms with Crippen molar-refractivity contribution in [2.24, 2.45) is 5.92 Å². The van der Waals surface area contributed by atoms with Crippen LogP contribution in [0.1, 0.15) is 26.2 Å². The Morgan fingerprint density at radius 3 is 2.50 bits per heavy atom. The molecule has 1 rings (SSSR count). The average Bonchev–Trinajstić information content (AvgIpc) is 1.93. The lowest BCUT2D eigenvalue weighted by Gasteiger charge is -2.27. The smallest absolute Gasteiger partial charge is 0.0186 e. The van der Waals surface area contributed by atoms with E-state index in [0.29, 0.717) is 6.04 Å². The third-order valence-electron chi connectivity index (χ3n) is 2.98. The molecule has 0 amide bonds. The predicted octanol–water partition coefficient (Wildman–Crippen LogP) is 1.33. The molecule has 1 aliphatic carbocycles. The second-order valence-corrected chi connectivity index (χ2v) is 4.27. The minimum atomic E-state index is 0.657. The van der Waals surface area contributed by atoms with Crippen LogP contribution in [0.2, 0.25) is 0 Å². The number of rotatable bonds is 5. The van der Waals surface area contributed by atoms with Crippen molar-refractivity contribution in [3.63, 3.8) is 0 Å². The highest BCUT2D eigenvalue weighted by molar-refractivity contribution is 4.73. The van der Waals surface area contributed by atoms with E-state index in [1.165, 1.54) is 25.8 Å². The van der Waals surface area contributed by atoms with Gasteiger partial charge in [-0.05, 0) is 46.3 Å². The second kappa shape index (κ2) is 4.83. The molecule has 1 unspecified atom stereocenters. The maximum absolute atomic E-state index is 3.53. The molecule has 72 valence electrons. The number of hydrogen-bond donors (Lipinski definition) is 1. The van der Waals surface area contributed by atoms with Crippen LogP contribution < -0.4 is 5.32 Å². The zero-order valence-electron chi connectivity index (χ0n) is 8.64. The topological polar surface area (TPSA) is 15.3 Å². The highest BCUT2D eigenvalue weighted by Crippen LogP contribution is 2.24. The molecule has 0 aliphatic heterocycles. The normalized spacial score (nSPS) is 21.0. The molecule has 0 aromatic rings. The first-order valence-electron chi connectivity index (χ1n) is 5.07. The molecule has 0 bridgehead atoms. The van der Waals surface area contributed by atoms with Crippen molar-refractivity contribution >= 4 is 0 Å². The Bertz CT molecular complexity index is 119. The summed E-state index contributed by atoms with van der Waals surface area (Å²) in [7, 11) is 4.27. The third-order valence-corrected chi connectivity index (χ3v) is 2.98. The third kappa shape index (κ3) is 3.11. The zero-order valence-corrected chi connectivity index (χ0v) is 8.64. The van der Waals surface area contributed by atoms with Crippen molar-refractivity contribution in [3.05, 3.63) is 0 Å². The van der Waals surface area contributed by atoms with Crippen molar-refractivity contribution in [2.75, 3.05) is 27.2 Å². The first-order chi connectivity index (χ1) is 5.70. The molecule has 0 aromatic carbocycles. The van der Waals surface area contributed by atoms with Gasteiger partial charge in [-0.1, -0.05) is 6.42 Å². The average molecular weight is 170 g/mol. The van der Waals surface area contributed by atoms with E-state index < -0.39 is 0 Å². The molecule has 2 nitrogen and oxygen atoms in total. The second-order valence-electron chi connectivity index (χ2n) is 4.27. The van der Waals surface area contributed by atoms with Crippen LogP contribution in [0.5, 0.6) is 0 Å². The molecule has 1 saturated carbocycles. The lowest BCUT2D eigenvalue weighted by molar-refractivity contribution is 0.267. The monoisotopic (exact) mass is 170 g/mol. The van der Waals surface area contributed by atoms with Gasteiger partial charge < -0.3 is 10.2 Å². The molecule has 0 saturated heterocycles. The Kier molecular flexibility index (Phi) is 4.02. The number of nitrogens with one attached hydrogen (secondary N) is 1. The summed E-state index contributed by atoms with van der Waals surface area (Å²) in [5.74, 6) is 0.986. The Hall–Kier alpha value is -0.0800. The summed E-state index contributed by atoms with van der Waals surface area (Å²) < 4.78 is 0. The van der Waals surface area contributed by atoms with Crippen LogP contribution in [0.15, 0.2) is 0 Å². The van der Waals surface area contributed by atoms with Crippen LogP contribution in [0, 0.1) is 5.92 Å². The molecular formula is C10H22N2. The van der Waals surface area contributed by atoms with Gasteiger partial charge in [-0.2, -0.15) is 0 Å². The molecule has 1 N–H and O–H groups in total. The van der Waals surface area contributed by atoms with E-state index in [0.717, 1.165) is 12.5 Å². The molecule has 0 heterocycles. The van der Waals surface area contributed by atoms with E-state index in [9.17, 15) is 0 Å². The highest BCUT2D eigenvalue weighted by atomic mass is 15.1. The maximum atomic E-state index is 3.53. The van der Waals surface area contributed by atoms with Gasteiger partial charge in [-0.25, -0.2) is 0 Å². The van der Waals surface area contributed by atoms with E-state index in [1.807, 2.05) is 0 Å². The molecule has 1 fully saturated rings. The minimum Gasteiger partial charge on any atom is -0.315 e. The van der Waals surface area contributed by atoms with Gasteiger partial charge in [0.05, 0.1) is 0 Å². The summed E-state index contributed by atoms with van der Waals surface area (Å²) in [5, 5.41) is 3.53. The van der Waals surface area contributed by atoms with Gasteiger partial charge in [-0.3, -0.25) is 0 Å². The fourth-order valence-corrected chi connectivity index (χ4v) is 1.38. The van der Waals surface area contributed by atoms with Gasteiger partial charge in [-0.15, -0.1) is 0 Å². The van der Waals surface area contributed by atoms with Crippen LogP contribution in [-0.4, -0.2) is 38.1 Å². The van der Waals surface area contributed by atoms with Crippen LogP contribution in [0.3, 0.4) is 0 Å². The van der Waals surface area contributed by atoms with Crippen molar-refractivity contribution in [1.82, 2.24) is 10.2 Å². The summed E-state index contributed by atoms with van der Waals surface area (Å²) in [6.07, 6.45) is 4.35. The Morgan fingerprint density at radius 1 is 1.42 bits per heavy atom. The fraction of sp³-hybridized carbons (Fsp3) is 1.00. The molecular weight excluding hydrogens is 148 g/mol.